The summed E-state index contributed by atoms with van der Waals surface area (Å²) in [5.41, 5.74) is 2.19. The van der Waals surface area contributed by atoms with E-state index in [0.29, 0.717) is 35.3 Å². The summed E-state index contributed by atoms with van der Waals surface area (Å²) in [7, 11) is -3.25. The first-order valence-corrected chi connectivity index (χ1v) is 9.39. The Morgan fingerprint density at radius 2 is 1.88 bits per heavy atom. The normalized spacial score (nSPS) is 17.7. The number of aryl methyl sites for hydroxylation is 1. The van der Waals surface area contributed by atoms with Gasteiger partial charge in [0.05, 0.1) is 11.4 Å². The van der Waals surface area contributed by atoms with Crippen LogP contribution >= 0.6 is 0 Å². The molecule has 0 radical (unpaired) electrons. The van der Waals surface area contributed by atoms with Crippen LogP contribution in [0, 0.1) is 6.92 Å². The first-order chi connectivity index (χ1) is 11.4. The van der Waals surface area contributed by atoms with E-state index in [9.17, 15) is 18.3 Å². The van der Waals surface area contributed by atoms with Crippen LogP contribution in [0.1, 0.15) is 34.0 Å². The Kier molecular flexibility index (Phi) is 4.43. The van der Waals surface area contributed by atoms with Gasteiger partial charge in [0.15, 0.2) is 5.78 Å². The SMILES string of the molecule is Cc1cc(N2CCCS2(=O)=O)ccc1C(O)C(=O)c1ccccc1. The van der Waals surface area contributed by atoms with Crippen molar-refractivity contribution in [1.29, 1.82) is 0 Å². The highest BCUT2D eigenvalue weighted by Crippen LogP contribution is 2.29. The number of benzene rings is 2. The fraction of sp³-hybridized carbons (Fsp3) is 0.278. The highest BCUT2D eigenvalue weighted by Gasteiger charge is 2.29. The number of carbonyl (C=O) groups excluding carboxylic acids is 1. The molecular formula is C18H19NO4S. The van der Waals surface area contributed by atoms with Gasteiger partial charge in [0, 0.05) is 12.1 Å². The van der Waals surface area contributed by atoms with Crippen LogP contribution in [-0.4, -0.2) is 31.6 Å². The Hall–Kier alpha value is -2.18. The van der Waals surface area contributed by atoms with E-state index >= 15 is 0 Å². The van der Waals surface area contributed by atoms with Crippen molar-refractivity contribution in [2.45, 2.75) is 19.4 Å². The number of Topliss-reactive ketones (excluding diaryl/α,β-unsaturated/α-hetero) is 1. The maximum absolute atomic E-state index is 12.4. The summed E-state index contributed by atoms with van der Waals surface area (Å²) in [4.78, 5) is 12.4. The van der Waals surface area contributed by atoms with Crippen molar-refractivity contribution in [3.8, 4) is 0 Å². The molecule has 0 amide bonds. The molecule has 0 bridgehead atoms. The molecule has 2 aromatic rings. The van der Waals surface area contributed by atoms with Crippen LogP contribution in [0.25, 0.3) is 0 Å². The third-order valence-electron chi connectivity index (χ3n) is 4.24. The van der Waals surface area contributed by atoms with Gasteiger partial charge in [-0.1, -0.05) is 36.4 Å². The predicted octanol–water partition coefficient (Wildman–Crippen LogP) is 2.45. The first kappa shape index (κ1) is 16.7. The van der Waals surface area contributed by atoms with Gasteiger partial charge in [-0.05, 0) is 36.6 Å². The number of aliphatic hydroxyl groups excluding tert-OH is 1. The number of ketones is 1. The summed E-state index contributed by atoms with van der Waals surface area (Å²) in [5.74, 6) is -0.219. The molecule has 6 heteroatoms. The zero-order valence-corrected chi connectivity index (χ0v) is 14.2. The van der Waals surface area contributed by atoms with Crippen molar-refractivity contribution >= 4 is 21.5 Å². The molecule has 1 fully saturated rings. The van der Waals surface area contributed by atoms with E-state index in [1.807, 2.05) is 0 Å². The molecule has 0 aromatic heterocycles. The number of hydrogen-bond donors (Lipinski definition) is 1. The standard InChI is InChI=1S/C18H19NO4S/c1-13-12-15(19-10-5-11-24(19,22)23)8-9-16(13)18(21)17(20)14-6-3-2-4-7-14/h2-4,6-9,12,18,21H,5,10-11H2,1H3. The topological polar surface area (TPSA) is 74.7 Å². The molecule has 1 atom stereocenters. The number of hydrogen-bond acceptors (Lipinski definition) is 4. The van der Waals surface area contributed by atoms with E-state index < -0.39 is 16.1 Å². The van der Waals surface area contributed by atoms with Crippen molar-refractivity contribution in [2.24, 2.45) is 0 Å². The lowest BCUT2D eigenvalue weighted by Crippen LogP contribution is -2.25. The fourth-order valence-corrected chi connectivity index (χ4v) is 4.51. The minimum Gasteiger partial charge on any atom is -0.380 e. The van der Waals surface area contributed by atoms with Crippen molar-refractivity contribution in [2.75, 3.05) is 16.6 Å². The van der Waals surface area contributed by atoms with Crippen LogP contribution in [0.15, 0.2) is 48.5 Å². The average molecular weight is 345 g/mol. The second kappa shape index (κ2) is 6.37. The van der Waals surface area contributed by atoms with E-state index in [-0.39, 0.29) is 11.5 Å². The largest absolute Gasteiger partial charge is 0.380 e. The first-order valence-electron chi connectivity index (χ1n) is 7.78. The van der Waals surface area contributed by atoms with E-state index in [4.69, 9.17) is 0 Å². The molecule has 1 saturated heterocycles. The summed E-state index contributed by atoms with van der Waals surface area (Å²) in [6.07, 6.45) is -0.658. The zero-order chi connectivity index (χ0) is 17.3. The van der Waals surface area contributed by atoms with Crippen molar-refractivity contribution in [3.05, 3.63) is 65.2 Å². The number of rotatable bonds is 4. The summed E-state index contributed by atoms with van der Waals surface area (Å²) >= 11 is 0. The van der Waals surface area contributed by atoms with Gasteiger partial charge >= 0.3 is 0 Å². The summed E-state index contributed by atoms with van der Waals surface area (Å²) in [5, 5.41) is 10.4. The highest BCUT2D eigenvalue weighted by atomic mass is 32.2. The molecule has 1 N–H and O–H groups in total. The summed E-state index contributed by atoms with van der Waals surface area (Å²) < 4.78 is 25.4. The summed E-state index contributed by atoms with van der Waals surface area (Å²) in [6.45, 7) is 2.23. The lowest BCUT2D eigenvalue weighted by atomic mass is 9.96. The number of carbonyl (C=O) groups is 1. The average Bonchev–Trinajstić information content (AvgIpc) is 2.93. The molecule has 1 aliphatic heterocycles. The molecule has 1 aliphatic rings. The van der Waals surface area contributed by atoms with Crippen LogP contribution in [-0.2, 0) is 10.0 Å². The van der Waals surface area contributed by atoms with Crippen molar-refractivity contribution < 1.29 is 18.3 Å². The van der Waals surface area contributed by atoms with Crippen LogP contribution in [0.3, 0.4) is 0 Å². The Labute approximate surface area is 141 Å². The van der Waals surface area contributed by atoms with Gasteiger partial charge in [0.2, 0.25) is 10.0 Å². The number of nitrogens with zero attached hydrogens (tertiary/aromatic N) is 1. The Balaban J connectivity index is 1.89. The van der Waals surface area contributed by atoms with Crippen molar-refractivity contribution in [1.82, 2.24) is 0 Å². The van der Waals surface area contributed by atoms with Gasteiger partial charge in [-0.3, -0.25) is 9.10 Å². The molecule has 1 heterocycles. The fourth-order valence-electron chi connectivity index (χ4n) is 2.95. The quantitative estimate of drug-likeness (QED) is 0.864. The monoisotopic (exact) mass is 345 g/mol. The van der Waals surface area contributed by atoms with Gasteiger partial charge in [-0.2, -0.15) is 0 Å². The van der Waals surface area contributed by atoms with Crippen LogP contribution in [0.2, 0.25) is 0 Å². The maximum Gasteiger partial charge on any atom is 0.235 e. The smallest absolute Gasteiger partial charge is 0.235 e. The number of aliphatic hydroxyl groups is 1. The third-order valence-corrected chi connectivity index (χ3v) is 6.11. The Morgan fingerprint density at radius 3 is 2.46 bits per heavy atom. The van der Waals surface area contributed by atoms with E-state index in [0.717, 1.165) is 0 Å². The van der Waals surface area contributed by atoms with Gasteiger partial charge in [0.1, 0.15) is 6.10 Å². The van der Waals surface area contributed by atoms with Gasteiger partial charge < -0.3 is 5.11 Å². The minimum absolute atomic E-state index is 0.156. The molecule has 0 aliphatic carbocycles. The van der Waals surface area contributed by atoms with E-state index in [2.05, 4.69) is 0 Å². The molecule has 5 nitrogen and oxygen atoms in total. The van der Waals surface area contributed by atoms with Crippen LogP contribution in [0.5, 0.6) is 0 Å². The molecule has 0 spiro atoms. The predicted molar refractivity (Wildman–Crippen MR) is 92.7 cm³/mol. The van der Waals surface area contributed by atoms with E-state index in [1.165, 1.54) is 4.31 Å². The molecule has 1 unspecified atom stereocenters. The molecule has 2 aromatic carbocycles. The van der Waals surface area contributed by atoms with Gasteiger partial charge in [-0.25, -0.2) is 8.42 Å². The van der Waals surface area contributed by atoms with Crippen LogP contribution in [0.4, 0.5) is 5.69 Å². The highest BCUT2D eigenvalue weighted by molar-refractivity contribution is 7.93. The molecule has 0 saturated carbocycles. The second-order valence-corrected chi connectivity index (χ2v) is 7.93. The number of anilines is 1. The van der Waals surface area contributed by atoms with Crippen molar-refractivity contribution in [3.63, 3.8) is 0 Å². The third kappa shape index (κ3) is 3.07. The summed E-state index contributed by atoms with van der Waals surface area (Å²) in [6, 6.07) is 13.6. The molecule has 3 rings (SSSR count). The lowest BCUT2D eigenvalue weighted by Gasteiger charge is -2.20. The van der Waals surface area contributed by atoms with E-state index in [1.54, 1.807) is 55.5 Å². The van der Waals surface area contributed by atoms with Crippen LogP contribution < -0.4 is 4.31 Å². The van der Waals surface area contributed by atoms with Gasteiger partial charge in [-0.15, -0.1) is 0 Å². The second-order valence-electron chi connectivity index (χ2n) is 5.92. The zero-order valence-electron chi connectivity index (χ0n) is 13.3. The Bertz CT molecular complexity index is 862. The molecule has 126 valence electrons. The maximum atomic E-state index is 12.4. The Morgan fingerprint density at radius 1 is 1.17 bits per heavy atom. The number of sulfonamides is 1. The molecule has 24 heavy (non-hydrogen) atoms. The molecular weight excluding hydrogens is 326 g/mol. The van der Waals surface area contributed by atoms with Gasteiger partial charge in [0.25, 0.3) is 0 Å². The minimum atomic E-state index is -3.25. The lowest BCUT2D eigenvalue weighted by molar-refractivity contribution is 0.0746.